The third-order valence-electron chi connectivity index (χ3n) is 5.03. The lowest BCUT2D eigenvalue weighted by Gasteiger charge is -2.20. The second-order valence-corrected chi connectivity index (χ2v) is 6.36. The lowest BCUT2D eigenvalue weighted by molar-refractivity contribution is 0.337. The molecular formula is C17H35N. The topological polar surface area (TPSA) is 12.0 Å². The van der Waals surface area contributed by atoms with Crippen LogP contribution in [0, 0.1) is 11.8 Å². The van der Waals surface area contributed by atoms with E-state index in [4.69, 9.17) is 0 Å². The Balaban J connectivity index is 1.92. The summed E-state index contributed by atoms with van der Waals surface area (Å²) >= 11 is 0. The molecule has 0 amide bonds. The molecule has 1 saturated carbocycles. The first-order chi connectivity index (χ1) is 8.79. The van der Waals surface area contributed by atoms with Crippen LogP contribution in [0.5, 0.6) is 0 Å². The smallest absolute Gasteiger partial charge is 0.00924 e. The average molecular weight is 253 g/mol. The fraction of sp³-hybridized carbons (Fsp3) is 1.00. The lowest BCUT2D eigenvalue weighted by atomic mass is 9.90. The second kappa shape index (κ2) is 9.83. The van der Waals surface area contributed by atoms with Crippen molar-refractivity contribution in [2.24, 2.45) is 11.8 Å². The quantitative estimate of drug-likeness (QED) is 0.531. The Labute approximate surface area is 115 Å². The zero-order chi connectivity index (χ0) is 13.2. The van der Waals surface area contributed by atoms with Gasteiger partial charge < -0.3 is 5.32 Å². The first kappa shape index (κ1) is 16.0. The number of hydrogen-bond donors (Lipinski definition) is 1. The molecule has 0 aliphatic heterocycles. The van der Waals surface area contributed by atoms with E-state index in [2.05, 4.69) is 26.2 Å². The number of hydrogen-bond acceptors (Lipinski definition) is 1. The van der Waals surface area contributed by atoms with Gasteiger partial charge in [-0.3, -0.25) is 0 Å². The molecule has 1 aliphatic carbocycles. The summed E-state index contributed by atoms with van der Waals surface area (Å²) in [5, 5.41) is 3.47. The largest absolute Gasteiger partial charge is 0.317 e. The van der Waals surface area contributed by atoms with E-state index in [1.807, 2.05) is 0 Å². The van der Waals surface area contributed by atoms with Gasteiger partial charge in [-0.1, -0.05) is 71.6 Å². The van der Waals surface area contributed by atoms with Crippen molar-refractivity contribution >= 4 is 0 Å². The Morgan fingerprint density at radius 3 is 2.06 bits per heavy atom. The number of nitrogens with one attached hydrogen (secondary N) is 1. The summed E-state index contributed by atoms with van der Waals surface area (Å²) in [4.78, 5) is 0. The monoisotopic (exact) mass is 253 g/mol. The average Bonchev–Trinajstić information content (AvgIpc) is 2.73. The highest BCUT2D eigenvalue weighted by atomic mass is 14.9. The predicted molar refractivity (Wildman–Crippen MR) is 82.0 cm³/mol. The molecule has 1 nitrogen and oxygen atoms in total. The van der Waals surface area contributed by atoms with Gasteiger partial charge in [0.15, 0.2) is 0 Å². The molecule has 1 rings (SSSR count). The Hall–Kier alpha value is -0.0400. The molecule has 0 heterocycles. The predicted octanol–water partition coefficient (Wildman–Crippen LogP) is 5.15. The van der Waals surface area contributed by atoms with Crippen LogP contribution in [0.2, 0.25) is 0 Å². The van der Waals surface area contributed by atoms with Crippen molar-refractivity contribution < 1.29 is 0 Å². The van der Waals surface area contributed by atoms with Crippen LogP contribution in [0.15, 0.2) is 0 Å². The normalized spacial score (nSPS) is 27.8. The minimum absolute atomic E-state index is 0.795. The molecule has 108 valence electrons. The minimum atomic E-state index is 0.795. The molecular weight excluding hydrogens is 218 g/mol. The van der Waals surface area contributed by atoms with E-state index in [0.29, 0.717) is 0 Å². The molecule has 0 radical (unpaired) electrons. The summed E-state index contributed by atoms with van der Waals surface area (Å²) in [6.07, 6.45) is 16.0. The van der Waals surface area contributed by atoms with Crippen LogP contribution in [0.4, 0.5) is 0 Å². The standard InChI is InChI=1S/C17H35N/c1-4-5-6-7-8-9-10-11-12-16-13-14-17(18-3)15(16)2/h15-18H,4-14H2,1-3H3. The van der Waals surface area contributed by atoms with Crippen molar-refractivity contribution in [2.75, 3.05) is 7.05 Å². The molecule has 18 heavy (non-hydrogen) atoms. The van der Waals surface area contributed by atoms with Crippen LogP contribution < -0.4 is 5.32 Å². The number of unbranched alkanes of at least 4 members (excludes halogenated alkanes) is 7. The Bertz CT molecular complexity index is 190. The minimum Gasteiger partial charge on any atom is -0.317 e. The highest BCUT2D eigenvalue weighted by Gasteiger charge is 2.30. The zero-order valence-corrected chi connectivity index (χ0v) is 13.0. The molecule has 0 bridgehead atoms. The van der Waals surface area contributed by atoms with Gasteiger partial charge in [0, 0.05) is 6.04 Å². The maximum Gasteiger partial charge on any atom is 0.00924 e. The van der Waals surface area contributed by atoms with Crippen molar-refractivity contribution in [1.82, 2.24) is 5.32 Å². The van der Waals surface area contributed by atoms with Crippen molar-refractivity contribution in [3.8, 4) is 0 Å². The van der Waals surface area contributed by atoms with Crippen molar-refractivity contribution in [1.29, 1.82) is 0 Å². The summed E-state index contributed by atoms with van der Waals surface area (Å²) in [5.74, 6) is 1.90. The Kier molecular flexibility index (Phi) is 8.75. The van der Waals surface area contributed by atoms with Gasteiger partial charge in [0.25, 0.3) is 0 Å². The van der Waals surface area contributed by atoms with E-state index in [1.54, 1.807) is 0 Å². The first-order valence-corrected chi connectivity index (χ1v) is 8.46. The van der Waals surface area contributed by atoms with Crippen LogP contribution in [-0.2, 0) is 0 Å². The molecule has 0 aromatic carbocycles. The molecule has 1 fully saturated rings. The molecule has 0 aromatic heterocycles. The van der Waals surface area contributed by atoms with E-state index in [1.165, 1.54) is 70.6 Å². The van der Waals surface area contributed by atoms with Gasteiger partial charge in [0.1, 0.15) is 0 Å². The highest BCUT2D eigenvalue weighted by molar-refractivity contribution is 4.85. The van der Waals surface area contributed by atoms with Gasteiger partial charge in [-0.2, -0.15) is 0 Å². The van der Waals surface area contributed by atoms with Crippen LogP contribution >= 0.6 is 0 Å². The summed E-state index contributed by atoms with van der Waals surface area (Å²) in [5.41, 5.74) is 0. The van der Waals surface area contributed by atoms with E-state index in [-0.39, 0.29) is 0 Å². The summed E-state index contributed by atoms with van der Waals surface area (Å²) in [7, 11) is 2.12. The highest BCUT2D eigenvalue weighted by Crippen LogP contribution is 2.35. The summed E-state index contributed by atoms with van der Waals surface area (Å²) in [6.45, 7) is 4.74. The van der Waals surface area contributed by atoms with E-state index in [9.17, 15) is 0 Å². The van der Waals surface area contributed by atoms with Gasteiger partial charge in [-0.05, 0) is 31.7 Å². The second-order valence-electron chi connectivity index (χ2n) is 6.36. The van der Waals surface area contributed by atoms with Crippen molar-refractivity contribution in [2.45, 2.75) is 90.5 Å². The van der Waals surface area contributed by atoms with E-state index in [0.717, 1.165) is 17.9 Å². The van der Waals surface area contributed by atoms with Crippen molar-refractivity contribution in [3.05, 3.63) is 0 Å². The molecule has 1 aliphatic rings. The molecule has 0 saturated heterocycles. The van der Waals surface area contributed by atoms with E-state index >= 15 is 0 Å². The molecule has 1 N–H and O–H groups in total. The molecule has 3 atom stereocenters. The number of rotatable bonds is 10. The maximum absolute atomic E-state index is 3.47. The van der Waals surface area contributed by atoms with Crippen LogP contribution in [0.1, 0.15) is 84.5 Å². The van der Waals surface area contributed by atoms with Gasteiger partial charge >= 0.3 is 0 Å². The van der Waals surface area contributed by atoms with Crippen LogP contribution in [0.25, 0.3) is 0 Å². The fourth-order valence-electron chi connectivity index (χ4n) is 3.60. The van der Waals surface area contributed by atoms with E-state index < -0.39 is 0 Å². The van der Waals surface area contributed by atoms with Gasteiger partial charge in [0.2, 0.25) is 0 Å². The molecule has 3 unspecified atom stereocenters. The van der Waals surface area contributed by atoms with Gasteiger partial charge in [-0.25, -0.2) is 0 Å². The third-order valence-corrected chi connectivity index (χ3v) is 5.03. The zero-order valence-electron chi connectivity index (χ0n) is 13.0. The molecule has 0 aromatic rings. The molecule has 1 heteroatoms. The summed E-state index contributed by atoms with van der Waals surface area (Å²) < 4.78 is 0. The third kappa shape index (κ3) is 5.73. The SMILES string of the molecule is CCCCCCCCCCC1CCC(NC)C1C. The van der Waals surface area contributed by atoms with Gasteiger partial charge in [0.05, 0.1) is 0 Å². The lowest BCUT2D eigenvalue weighted by Crippen LogP contribution is -2.29. The van der Waals surface area contributed by atoms with Crippen LogP contribution in [0.3, 0.4) is 0 Å². The Morgan fingerprint density at radius 1 is 0.889 bits per heavy atom. The maximum atomic E-state index is 3.47. The summed E-state index contributed by atoms with van der Waals surface area (Å²) in [6, 6.07) is 0.795. The first-order valence-electron chi connectivity index (χ1n) is 8.46. The van der Waals surface area contributed by atoms with Crippen molar-refractivity contribution in [3.63, 3.8) is 0 Å². The van der Waals surface area contributed by atoms with Crippen LogP contribution in [-0.4, -0.2) is 13.1 Å². The Morgan fingerprint density at radius 2 is 1.50 bits per heavy atom. The van der Waals surface area contributed by atoms with Gasteiger partial charge in [-0.15, -0.1) is 0 Å². The molecule has 0 spiro atoms. The fourth-order valence-corrected chi connectivity index (χ4v) is 3.60.